The quantitative estimate of drug-likeness (QED) is 0.871. The molecule has 0 bridgehead atoms. The van der Waals surface area contributed by atoms with Crippen LogP contribution >= 0.6 is 0 Å². The summed E-state index contributed by atoms with van der Waals surface area (Å²) in [6.45, 7) is 0. The lowest BCUT2D eigenvalue weighted by molar-refractivity contribution is -0.184. The summed E-state index contributed by atoms with van der Waals surface area (Å²) in [5.41, 5.74) is 9.92. The molecule has 0 heterocycles. The van der Waals surface area contributed by atoms with Crippen LogP contribution in [-0.2, 0) is 19.3 Å². The summed E-state index contributed by atoms with van der Waals surface area (Å²) in [7, 11) is 0. The second kappa shape index (κ2) is 5.31. The molecule has 0 radical (unpaired) electrons. The molecule has 116 valence electrons. The molecule has 2 aliphatic rings. The topological polar surface area (TPSA) is 26.0 Å². The largest absolute Gasteiger partial charge is 0.391 e. The van der Waals surface area contributed by atoms with Crippen molar-refractivity contribution in [2.75, 3.05) is 0 Å². The fourth-order valence-electron chi connectivity index (χ4n) is 3.84. The third kappa shape index (κ3) is 3.25. The van der Waals surface area contributed by atoms with Gasteiger partial charge < -0.3 is 5.73 Å². The van der Waals surface area contributed by atoms with Crippen molar-refractivity contribution < 1.29 is 13.2 Å². The molecule has 1 fully saturated rings. The molecule has 0 unspecified atom stereocenters. The van der Waals surface area contributed by atoms with Crippen LogP contribution in [0.1, 0.15) is 48.8 Å². The average Bonchev–Trinajstić information content (AvgIpc) is 2.85. The maximum Gasteiger partial charge on any atom is 0.391 e. The SMILES string of the molecule is NC1(Cc2ccc3c(c2)CCC3)CCC(C(F)(F)F)CC1. The van der Waals surface area contributed by atoms with Gasteiger partial charge in [0.2, 0.25) is 0 Å². The van der Waals surface area contributed by atoms with E-state index in [2.05, 4.69) is 18.2 Å². The minimum Gasteiger partial charge on any atom is -0.325 e. The molecule has 1 aromatic rings. The first kappa shape index (κ1) is 14.9. The van der Waals surface area contributed by atoms with Crippen LogP contribution in [0.4, 0.5) is 13.2 Å². The summed E-state index contributed by atoms with van der Waals surface area (Å²) in [5.74, 6) is -1.16. The lowest BCUT2D eigenvalue weighted by Gasteiger charge is -2.38. The number of nitrogens with two attached hydrogens (primary N) is 1. The van der Waals surface area contributed by atoms with Crippen LogP contribution in [0.25, 0.3) is 0 Å². The van der Waals surface area contributed by atoms with Gasteiger partial charge in [-0.3, -0.25) is 0 Å². The average molecular weight is 297 g/mol. The van der Waals surface area contributed by atoms with E-state index in [0.29, 0.717) is 19.3 Å². The third-order valence-electron chi connectivity index (χ3n) is 5.16. The van der Waals surface area contributed by atoms with Gasteiger partial charge in [-0.05, 0) is 68.1 Å². The van der Waals surface area contributed by atoms with Crippen LogP contribution in [0, 0.1) is 5.92 Å². The third-order valence-corrected chi connectivity index (χ3v) is 5.16. The van der Waals surface area contributed by atoms with Crippen LogP contribution in [0.2, 0.25) is 0 Å². The summed E-state index contributed by atoms with van der Waals surface area (Å²) < 4.78 is 38.2. The van der Waals surface area contributed by atoms with Gasteiger partial charge in [-0.1, -0.05) is 18.2 Å². The Morgan fingerprint density at radius 2 is 1.76 bits per heavy atom. The molecule has 3 rings (SSSR count). The molecule has 1 nitrogen and oxygen atoms in total. The maximum atomic E-state index is 12.7. The van der Waals surface area contributed by atoms with Crippen LogP contribution in [0.5, 0.6) is 0 Å². The summed E-state index contributed by atoms with van der Waals surface area (Å²) in [4.78, 5) is 0. The first-order valence-electron chi connectivity index (χ1n) is 7.82. The minimum atomic E-state index is -4.06. The van der Waals surface area contributed by atoms with Gasteiger partial charge in [0.15, 0.2) is 0 Å². The van der Waals surface area contributed by atoms with E-state index in [1.54, 1.807) is 0 Å². The Kier molecular flexibility index (Phi) is 3.76. The van der Waals surface area contributed by atoms with Crippen molar-refractivity contribution in [3.8, 4) is 0 Å². The highest BCUT2D eigenvalue weighted by atomic mass is 19.4. The first-order chi connectivity index (χ1) is 9.86. The van der Waals surface area contributed by atoms with E-state index in [9.17, 15) is 13.2 Å². The van der Waals surface area contributed by atoms with Crippen molar-refractivity contribution in [3.63, 3.8) is 0 Å². The van der Waals surface area contributed by atoms with Crippen LogP contribution in [0.3, 0.4) is 0 Å². The number of hydrogen-bond acceptors (Lipinski definition) is 1. The Balaban J connectivity index is 1.65. The molecule has 2 N–H and O–H groups in total. The molecule has 0 aliphatic heterocycles. The van der Waals surface area contributed by atoms with Gasteiger partial charge in [0.05, 0.1) is 5.92 Å². The van der Waals surface area contributed by atoms with E-state index >= 15 is 0 Å². The molecule has 4 heteroatoms. The highest BCUT2D eigenvalue weighted by Crippen LogP contribution is 2.41. The second-order valence-corrected chi connectivity index (χ2v) is 6.81. The van der Waals surface area contributed by atoms with Crippen molar-refractivity contribution in [2.24, 2.45) is 11.7 Å². The summed E-state index contributed by atoms with van der Waals surface area (Å²) >= 11 is 0. The zero-order valence-corrected chi connectivity index (χ0v) is 12.2. The molecule has 0 amide bonds. The van der Waals surface area contributed by atoms with Gasteiger partial charge in [-0.25, -0.2) is 0 Å². The molecule has 0 aromatic heterocycles. The molecule has 2 aliphatic carbocycles. The normalized spacial score (nSPS) is 29.4. The van der Waals surface area contributed by atoms with Crippen LogP contribution < -0.4 is 5.73 Å². The molecule has 1 saturated carbocycles. The van der Waals surface area contributed by atoms with E-state index in [4.69, 9.17) is 5.73 Å². The van der Waals surface area contributed by atoms with Crippen LogP contribution in [-0.4, -0.2) is 11.7 Å². The Hall–Kier alpha value is -1.03. The Morgan fingerprint density at radius 3 is 2.43 bits per heavy atom. The monoisotopic (exact) mass is 297 g/mol. The number of aryl methyl sites for hydroxylation is 2. The van der Waals surface area contributed by atoms with Crippen molar-refractivity contribution in [3.05, 3.63) is 34.9 Å². The molecule has 0 spiro atoms. The number of hydrogen-bond donors (Lipinski definition) is 1. The number of fused-ring (bicyclic) bond motifs is 1. The lowest BCUT2D eigenvalue weighted by atomic mass is 9.74. The Labute approximate surface area is 123 Å². The first-order valence-corrected chi connectivity index (χ1v) is 7.82. The Bertz CT molecular complexity index is 513. The minimum absolute atomic E-state index is 0.172. The van der Waals surface area contributed by atoms with E-state index in [-0.39, 0.29) is 12.8 Å². The van der Waals surface area contributed by atoms with E-state index in [0.717, 1.165) is 12.8 Å². The highest BCUT2D eigenvalue weighted by Gasteiger charge is 2.44. The van der Waals surface area contributed by atoms with Crippen molar-refractivity contribution in [1.82, 2.24) is 0 Å². The van der Waals surface area contributed by atoms with E-state index in [1.807, 2.05) is 0 Å². The fourth-order valence-corrected chi connectivity index (χ4v) is 3.84. The zero-order chi connectivity index (χ0) is 15.1. The van der Waals surface area contributed by atoms with Crippen molar-refractivity contribution >= 4 is 0 Å². The summed E-state index contributed by atoms with van der Waals surface area (Å²) in [6, 6.07) is 6.49. The predicted octanol–water partition coefficient (Wildman–Crippen LogP) is 4.17. The number of alkyl halides is 3. The number of rotatable bonds is 2. The maximum absolute atomic E-state index is 12.7. The molecule has 21 heavy (non-hydrogen) atoms. The van der Waals surface area contributed by atoms with E-state index in [1.165, 1.54) is 23.1 Å². The van der Waals surface area contributed by atoms with Gasteiger partial charge in [0.1, 0.15) is 0 Å². The standard InChI is InChI=1S/C17H22F3N/c18-17(19,20)15-6-8-16(21,9-7-15)11-12-4-5-13-2-1-3-14(13)10-12/h4-5,10,15H,1-3,6-9,11,21H2. The molecular formula is C17H22F3N. The summed E-state index contributed by atoms with van der Waals surface area (Å²) in [5, 5.41) is 0. The Morgan fingerprint density at radius 1 is 1.10 bits per heavy atom. The lowest BCUT2D eigenvalue weighted by Crippen LogP contribution is -2.47. The molecule has 0 atom stereocenters. The van der Waals surface area contributed by atoms with Crippen molar-refractivity contribution in [1.29, 1.82) is 0 Å². The van der Waals surface area contributed by atoms with Gasteiger partial charge in [-0.2, -0.15) is 13.2 Å². The molecule has 0 saturated heterocycles. The van der Waals surface area contributed by atoms with Gasteiger partial charge >= 0.3 is 6.18 Å². The van der Waals surface area contributed by atoms with Gasteiger partial charge in [-0.15, -0.1) is 0 Å². The van der Waals surface area contributed by atoms with E-state index < -0.39 is 17.6 Å². The second-order valence-electron chi connectivity index (χ2n) is 6.81. The van der Waals surface area contributed by atoms with Crippen LogP contribution in [0.15, 0.2) is 18.2 Å². The molecule has 1 aromatic carbocycles. The number of halogens is 3. The van der Waals surface area contributed by atoms with Gasteiger partial charge in [0, 0.05) is 5.54 Å². The van der Waals surface area contributed by atoms with Gasteiger partial charge in [0.25, 0.3) is 0 Å². The zero-order valence-electron chi connectivity index (χ0n) is 12.2. The van der Waals surface area contributed by atoms with Crippen molar-refractivity contribution in [2.45, 2.75) is 63.1 Å². The molecular weight excluding hydrogens is 275 g/mol. The predicted molar refractivity (Wildman–Crippen MR) is 77.1 cm³/mol. The summed E-state index contributed by atoms with van der Waals surface area (Å²) in [6.07, 6.45) is 1.39. The highest BCUT2D eigenvalue weighted by molar-refractivity contribution is 5.36. The smallest absolute Gasteiger partial charge is 0.325 e. The fraction of sp³-hybridized carbons (Fsp3) is 0.647. The number of benzene rings is 1.